The second-order valence-electron chi connectivity index (χ2n) is 4.70. The quantitative estimate of drug-likeness (QED) is 0.937. The molecule has 0 saturated carbocycles. The van der Waals surface area contributed by atoms with Crippen LogP contribution in [0.25, 0.3) is 11.4 Å². The van der Waals surface area contributed by atoms with E-state index in [1.54, 1.807) is 7.11 Å². The Morgan fingerprint density at radius 2 is 2.24 bits per heavy atom. The molecule has 1 aliphatic rings. The number of carbonyl (C=O) groups excluding carboxylic acids is 1. The summed E-state index contributed by atoms with van der Waals surface area (Å²) in [5.41, 5.74) is 0.886. The van der Waals surface area contributed by atoms with Gasteiger partial charge in [-0.05, 0) is 30.7 Å². The highest BCUT2D eigenvalue weighted by molar-refractivity contribution is 7.10. The summed E-state index contributed by atoms with van der Waals surface area (Å²) in [5.74, 6) is 1.24. The van der Waals surface area contributed by atoms with Gasteiger partial charge in [-0.15, -0.1) is 0 Å². The van der Waals surface area contributed by atoms with Crippen LogP contribution in [0.3, 0.4) is 0 Å². The Morgan fingerprint density at radius 1 is 1.43 bits per heavy atom. The van der Waals surface area contributed by atoms with E-state index in [0.29, 0.717) is 24.2 Å². The van der Waals surface area contributed by atoms with E-state index in [0.717, 1.165) is 17.7 Å². The Labute approximate surface area is 126 Å². The molecule has 1 aromatic heterocycles. The van der Waals surface area contributed by atoms with Gasteiger partial charge in [-0.1, -0.05) is 0 Å². The number of aromatic nitrogens is 2. The molecule has 1 aromatic carbocycles. The van der Waals surface area contributed by atoms with E-state index >= 15 is 0 Å². The molecule has 6 nitrogen and oxygen atoms in total. The second kappa shape index (κ2) is 6.19. The van der Waals surface area contributed by atoms with Crippen molar-refractivity contribution in [3.8, 4) is 17.1 Å². The van der Waals surface area contributed by atoms with Crippen molar-refractivity contribution in [3.05, 3.63) is 24.3 Å². The molecule has 1 N–H and O–H groups in total. The number of anilines is 1. The number of nitrogens with zero attached hydrogens (tertiary/aromatic N) is 2. The smallest absolute Gasteiger partial charge is 0.231 e. The van der Waals surface area contributed by atoms with Crippen molar-refractivity contribution < 1.29 is 14.3 Å². The van der Waals surface area contributed by atoms with Crippen molar-refractivity contribution in [2.75, 3.05) is 25.6 Å². The number of hydrogen-bond donors (Lipinski definition) is 1. The first kappa shape index (κ1) is 14.0. The fourth-order valence-electron chi connectivity index (χ4n) is 2.08. The number of rotatable bonds is 4. The first-order valence-electron chi connectivity index (χ1n) is 6.63. The van der Waals surface area contributed by atoms with Gasteiger partial charge in [-0.2, -0.15) is 9.36 Å². The molecule has 0 bridgehead atoms. The predicted octanol–water partition coefficient (Wildman–Crippen LogP) is 2.19. The zero-order valence-corrected chi connectivity index (χ0v) is 12.4. The molecule has 2 aromatic rings. The van der Waals surface area contributed by atoms with Crippen molar-refractivity contribution in [3.63, 3.8) is 0 Å². The molecule has 0 spiro atoms. The normalized spacial score (nSPS) is 17.7. The lowest BCUT2D eigenvalue weighted by atomic mass is 10.1. The summed E-state index contributed by atoms with van der Waals surface area (Å²) in [5, 5.41) is 3.31. The Bertz CT molecular complexity index is 621. The van der Waals surface area contributed by atoms with E-state index in [2.05, 4.69) is 14.7 Å². The maximum atomic E-state index is 12.0. The molecule has 0 radical (unpaired) electrons. The number of methoxy groups -OCH3 is 1. The van der Waals surface area contributed by atoms with E-state index in [1.165, 1.54) is 11.5 Å². The average Bonchev–Trinajstić information content (AvgIpc) is 3.19. The highest BCUT2D eigenvalue weighted by Crippen LogP contribution is 2.24. The van der Waals surface area contributed by atoms with E-state index < -0.39 is 0 Å². The van der Waals surface area contributed by atoms with Gasteiger partial charge in [0.25, 0.3) is 0 Å². The third-order valence-corrected chi connectivity index (χ3v) is 3.94. The number of nitrogens with one attached hydrogen (secondary N) is 1. The lowest BCUT2D eigenvalue weighted by molar-refractivity contribution is -0.119. The van der Waals surface area contributed by atoms with Crippen LogP contribution in [0, 0.1) is 5.92 Å². The molecule has 2 heterocycles. The molecule has 7 heteroatoms. The molecule has 1 saturated heterocycles. The van der Waals surface area contributed by atoms with Crippen LogP contribution in [-0.4, -0.2) is 35.6 Å². The third-order valence-electron chi connectivity index (χ3n) is 3.30. The van der Waals surface area contributed by atoms with Gasteiger partial charge in [-0.3, -0.25) is 4.79 Å². The summed E-state index contributed by atoms with van der Waals surface area (Å²) < 4.78 is 14.6. The number of hydrogen-bond acceptors (Lipinski definition) is 6. The van der Waals surface area contributed by atoms with Gasteiger partial charge in [0.2, 0.25) is 11.0 Å². The summed E-state index contributed by atoms with van der Waals surface area (Å²) in [6.07, 6.45) is 0.760. The Kier molecular flexibility index (Phi) is 4.12. The molecule has 1 aliphatic heterocycles. The summed E-state index contributed by atoms with van der Waals surface area (Å²) in [7, 11) is 1.62. The maximum absolute atomic E-state index is 12.0. The molecule has 1 fully saturated rings. The molecular formula is C14H15N3O3S. The van der Waals surface area contributed by atoms with Crippen LogP contribution in [0.15, 0.2) is 24.3 Å². The van der Waals surface area contributed by atoms with Gasteiger partial charge in [-0.25, -0.2) is 0 Å². The Hall–Kier alpha value is -1.99. The van der Waals surface area contributed by atoms with Crippen LogP contribution < -0.4 is 10.1 Å². The Morgan fingerprint density at radius 3 is 2.90 bits per heavy atom. The zero-order valence-electron chi connectivity index (χ0n) is 11.5. The van der Waals surface area contributed by atoms with Gasteiger partial charge in [0.05, 0.1) is 19.6 Å². The molecule has 1 atom stereocenters. The zero-order chi connectivity index (χ0) is 14.7. The van der Waals surface area contributed by atoms with E-state index in [1.807, 2.05) is 24.3 Å². The molecular weight excluding hydrogens is 290 g/mol. The van der Waals surface area contributed by atoms with Crippen molar-refractivity contribution in [2.24, 2.45) is 5.92 Å². The minimum Gasteiger partial charge on any atom is -0.497 e. The highest BCUT2D eigenvalue weighted by atomic mass is 32.1. The summed E-state index contributed by atoms with van der Waals surface area (Å²) in [6.45, 7) is 1.13. The Balaban J connectivity index is 1.68. The lowest BCUT2D eigenvalue weighted by Gasteiger charge is -2.05. The fourth-order valence-corrected chi connectivity index (χ4v) is 2.67. The van der Waals surface area contributed by atoms with Crippen molar-refractivity contribution in [1.29, 1.82) is 0 Å². The topological polar surface area (TPSA) is 73.3 Å². The molecule has 1 amide bonds. The third kappa shape index (κ3) is 3.20. The molecule has 3 rings (SSSR count). The first-order valence-corrected chi connectivity index (χ1v) is 7.40. The SMILES string of the molecule is COc1ccc(-c2nsc(NC(=O)[C@@H]3CCOC3)n2)cc1. The molecule has 110 valence electrons. The van der Waals surface area contributed by atoms with Crippen LogP contribution in [0.1, 0.15) is 6.42 Å². The minimum absolute atomic E-state index is 0.0510. The van der Waals surface area contributed by atoms with Crippen molar-refractivity contribution >= 4 is 22.6 Å². The lowest BCUT2D eigenvalue weighted by Crippen LogP contribution is -2.22. The number of benzene rings is 1. The van der Waals surface area contributed by atoms with E-state index in [-0.39, 0.29) is 11.8 Å². The average molecular weight is 305 g/mol. The van der Waals surface area contributed by atoms with E-state index in [9.17, 15) is 4.79 Å². The monoisotopic (exact) mass is 305 g/mol. The van der Waals surface area contributed by atoms with Crippen molar-refractivity contribution in [1.82, 2.24) is 9.36 Å². The fraction of sp³-hybridized carbons (Fsp3) is 0.357. The predicted molar refractivity (Wildman–Crippen MR) is 79.5 cm³/mol. The molecule has 0 unspecified atom stereocenters. The molecule has 0 aliphatic carbocycles. The number of carbonyl (C=O) groups is 1. The molecule has 21 heavy (non-hydrogen) atoms. The van der Waals surface area contributed by atoms with Gasteiger partial charge in [0.1, 0.15) is 5.75 Å². The largest absolute Gasteiger partial charge is 0.497 e. The summed E-state index contributed by atoms with van der Waals surface area (Å²) in [4.78, 5) is 16.3. The van der Waals surface area contributed by atoms with Crippen LogP contribution >= 0.6 is 11.5 Å². The van der Waals surface area contributed by atoms with Crippen molar-refractivity contribution in [2.45, 2.75) is 6.42 Å². The van der Waals surface area contributed by atoms with Crippen LogP contribution in [0.5, 0.6) is 5.75 Å². The van der Waals surface area contributed by atoms with Gasteiger partial charge in [0, 0.05) is 23.7 Å². The van der Waals surface area contributed by atoms with Crippen LogP contribution in [0.4, 0.5) is 5.13 Å². The standard InChI is InChI=1S/C14H15N3O3S/c1-19-11-4-2-9(3-5-11)12-15-14(21-17-12)16-13(18)10-6-7-20-8-10/h2-5,10H,6-8H2,1H3,(H,15,16,17,18)/t10-/m1/s1. The highest BCUT2D eigenvalue weighted by Gasteiger charge is 2.24. The first-order chi connectivity index (χ1) is 10.3. The van der Waals surface area contributed by atoms with E-state index in [4.69, 9.17) is 9.47 Å². The maximum Gasteiger partial charge on any atom is 0.231 e. The summed E-state index contributed by atoms with van der Waals surface area (Å²) in [6, 6.07) is 7.48. The number of ether oxygens (including phenoxy) is 2. The second-order valence-corrected chi connectivity index (χ2v) is 5.45. The minimum atomic E-state index is -0.0849. The van der Waals surface area contributed by atoms with Gasteiger partial charge in [0.15, 0.2) is 5.82 Å². The summed E-state index contributed by atoms with van der Waals surface area (Å²) >= 11 is 1.18. The van der Waals surface area contributed by atoms with Gasteiger partial charge >= 0.3 is 0 Å². The number of amides is 1. The van der Waals surface area contributed by atoms with Crippen LogP contribution in [0.2, 0.25) is 0 Å². The van der Waals surface area contributed by atoms with Gasteiger partial charge < -0.3 is 14.8 Å². The van der Waals surface area contributed by atoms with Crippen LogP contribution in [-0.2, 0) is 9.53 Å².